The van der Waals surface area contributed by atoms with E-state index >= 15 is 0 Å². The maximum absolute atomic E-state index is 5.06. The van der Waals surface area contributed by atoms with Gasteiger partial charge in [0, 0.05) is 25.1 Å². The third kappa shape index (κ3) is 3.66. The van der Waals surface area contributed by atoms with Crippen LogP contribution >= 0.6 is 0 Å². The molecule has 0 bridgehead atoms. The second-order valence-corrected chi connectivity index (χ2v) is 4.53. The molecule has 0 saturated carbocycles. The summed E-state index contributed by atoms with van der Waals surface area (Å²) in [6.45, 7) is 7.51. The molecule has 0 fully saturated rings. The summed E-state index contributed by atoms with van der Waals surface area (Å²) in [7, 11) is 0. The van der Waals surface area contributed by atoms with Gasteiger partial charge in [0.2, 0.25) is 5.89 Å². The molecule has 0 radical (unpaired) electrons. The van der Waals surface area contributed by atoms with E-state index < -0.39 is 0 Å². The van der Waals surface area contributed by atoms with Crippen molar-refractivity contribution in [2.75, 3.05) is 23.7 Å². The quantitative estimate of drug-likeness (QED) is 0.799. The Bertz CT molecular complexity index is 554. The van der Waals surface area contributed by atoms with Gasteiger partial charge in [0.15, 0.2) is 5.82 Å². The zero-order valence-corrected chi connectivity index (χ0v) is 12.1. The molecule has 0 amide bonds. The Labute approximate surface area is 118 Å². The Hall–Kier alpha value is -2.18. The lowest BCUT2D eigenvalue weighted by atomic mass is 10.3. The molecule has 0 unspecified atom stereocenters. The standard InChI is InChI=1S/C13H20N6O/c1-4-6-14-12-9(2)13(17-8-16-12)15-7-5-11-18-10(3)19-20-11/h8H,4-7H2,1-3H3,(H2,14,15,16,17). The Morgan fingerprint density at radius 1 is 1.10 bits per heavy atom. The molecule has 0 spiro atoms. The van der Waals surface area contributed by atoms with Gasteiger partial charge >= 0.3 is 0 Å². The highest BCUT2D eigenvalue weighted by Crippen LogP contribution is 2.17. The zero-order chi connectivity index (χ0) is 14.4. The molecule has 20 heavy (non-hydrogen) atoms. The Morgan fingerprint density at radius 2 is 1.80 bits per heavy atom. The Balaban J connectivity index is 1.92. The molecule has 0 saturated heterocycles. The number of hydrogen-bond donors (Lipinski definition) is 2. The first kappa shape index (κ1) is 14.2. The average molecular weight is 276 g/mol. The van der Waals surface area contributed by atoms with Crippen LogP contribution in [0.25, 0.3) is 0 Å². The van der Waals surface area contributed by atoms with Crippen LogP contribution in [-0.4, -0.2) is 33.2 Å². The second-order valence-electron chi connectivity index (χ2n) is 4.53. The van der Waals surface area contributed by atoms with Gasteiger partial charge < -0.3 is 15.2 Å². The maximum atomic E-state index is 5.06. The number of rotatable bonds is 7. The van der Waals surface area contributed by atoms with Crippen molar-refractivity contribution in [1.82, 2.24) is 20.1 Å². The molecule has 0 aromatic carbocycles. The van der Waals surface area contributed by atoms with Crippen LogP contribution in [0.5, 0.6) is 0 Å². The number of anilines is 2. The zero-order valence-electron chi connectivity index (χ0n) is 12.1. The second kappa shape index (κ2) is 6.83. The first-order valence-corrected chi connectivity index (χ1v) is 6.79. The molecule has 108 valence electrons. The Morgan fingerprint density at radius 3 is 2.40 bits per heavy atom. The molecule has 2 aromatic heterocycles. The van der Waals surface area contributed by atoms with Crippen LogP contribution in [0.4, 0.5) is 11.6 Å². The first-order chi connectivity index (χ1) is 9.70. The summed E-state index contributed by atoms with van der Waals surface area (Å²) in [4.78, 5) is 12.7. The number of aromatic nitrogens is 4. The van der Waals surface area contributed by atoms with Gasteiger partial charge in [0.25, 0.3) is 0 Å². The minimum Gasteiger partial charge on any atom is -0.370 e. The lowest BCUT2D eigenvalue weighted by Crippen LogP contribution is -2.11. The van der Waals surface area contributed by atoms with Gasteiger partial charge in [0.1, 0.15) is 18.0 Å². The third-order valence-corrected chi connectivity index (χ3v) is 2.83. The minimum atomic E-state index is 0.631. The molecule has 2 aromatic rings. The number of nitrogens with one attached hydrogen (secondary N) is 2. The first-order valence-electron chi connectivity index (χ1n) is 6.79. The van der Waals surface area contributed by atoms with Crippen molar-refractivity contribution < 1.29 is 4.52 Å². The molecule has 7 nitrogen and oxygen atoms in total. The SMILES string of the molecule is CCCNc1ncnc(NCCc2nc(C)no2)c1C. The predicted molar refractivity (Wildman–Crippen MR) is 76.8 cm³/mol. The van der Waals surface area contributed by atoms with Gasteiger partial charge in [0.05, 0.1) is 0 Å². The van der Waals surface area contributed by atoms with Gasteiger partial charge in [-0.1, -0.05) is 12.1 Å². The molecular formula is C13H20N6O. The smallest absolute Gasteiger partial charge is 0.228 e. The van der Waals surface area contributed by atoms with E-state index in [0.717, 1.165) is 30.2 Å². The summed E-state index contributed by atoms with van der Waals surface area (Å²) in [6.07, 6.45) is 3.29. The number of hydrogen-bond acceptors (Lipinski definition) is 7. The van der Waals surface area contributed by atoms with Gasteiger partial charge in [-0.05, 0) is 20.3 Å². The van der Waals surface area contributed by atoms with Crippen molar-refractivity contribution in [3.63, 3.8) is 0 Å². The van der Waals surface area contributed by atoms with Gasteiger partial charge in [-0.2, -0.15) is 4.98 Å². The minimum absolute atomic E-state index is 0.631. The fourth-order valence-corrected chi connectivity index (χ4v) is 1.78. The van der Waals surface area contributed by atoms with Gasteiger partial charge in [-0.25, -0.2) is 9.97 Å². The highest BCUT2D eigenvalue weighted by Gasteiger charge is 2.07. The van der Waals surface area contributed by atoms with Crippen molar-refractivity contribution >= 4 is 11.6 Å². The van der Waals surface area contributed by atoms with Crippen LogP contribution in [-0.2, 0) is 6.42 Å². The van der Waals surface area contributed by atoms with Crippen LogP contribution < -0.4 is 10.6 Å². The summed E-state index contributed by atoms with van der Waals surface area (Å²) in [6, 6.07) is 0. The van der Waals surface area contributed by atoms with E-state index in [9.17, 15) is 0 Å². The summed E-state index contributed by atoms with van der Waals surface area (Å²) < 4.78 is 5.06. The van der Waals surface area contributed by atoms with Crippen molar-refractivity contribution in [1.29, 1.82) is 0 Å². The summed E-state index contributed by atoms with van der Waals surface area (Å²) in [5.41, 5.74) is 1.02. The van der Waals surface area contributed by atoms with Crippen LogP contribution in [0, 0.1) is 13.8 Å². The maximum Gasteiger partial charge on any atom is 0.228 e. The van der Waals surface area contributed by atoms with Crippen LogP contribution in [0.2, 0.25) is 0 Å². The van der Waals surface area contributed by atoms with Crippen LogP contribution in [0.3, 0.4) is 0 Å². The van der Waals surface area contributed by atoms with Gasteiger partial charge in [-0.3, -0.25) is 0 Å². The highest BCUT2D eigenvalue weighted by molar-refractivity contribution is 5.56. The Kier molecular flexibility index (Phi) is 4.86. The number of aryl methyl sites for hydroxylation is 1. The molecule has 2 N–H and O–H groups in total. The molecule has 0 atom stereocenters. The fourth-order valence-electron chi connectivity index (χ4n) is 1.78. The van der Waals surface area contributed by atoms with Crippen molar-refractivity contribution in [2.24, 2.45) is 0 Å². The van der Waals surface area contributed by atoms with E-state index in [0.29, 0.717) is 24.7 Å². The van der Waals surface area contributed by atoms with E-state index in [1.807, 2.05) is 6.92 Å². The van der Waals surface area contributed by atoms with E-state index in [-0.39, 0.29) is 0 Å². The summed E-state index contributed by atoms with van der Waals surface area (Å²) in [5.74, 6) is 2.99. The highest BCUT2D eigenvalue weighted by atomic mass is 16.5. The molecule has 2 rings (SSSR count). The monoisotopic (exact) mass is 276 g/mol. The lowest BCUT2D eigenvalue weighted by Gasteiger charge is -2.11. The molecule has 2 heterocycles. The van der Waals surface area contributed by atoms with Crippen molar-refractivity contribution in [2.45, 2.75) is 33.6 Å². The van der Waals surface area contributed by atoms with E-state index in [1.54, 1.807) is 13.3 Å². The predicted octanol–water partition coefficient (Wildman–Crippen LogP) is 1.95. The summed E-state index contributed by atoms with van der Waals surface area (Å²) in [5, 5.41) is 10.3. The molecule has 0 aliphatic carbocycles. The van der Waals surface area contributed by atoms with Crippen LogP contribution in [0.1, 0.15) is 30.6 Å². The van der Waals surface area contributed by atoms with Gasteiger partial charge in [-0.15, -0.1) is 0 Å². The van der Waals surface area contributed by atoms with Crippen molar-refractivity contribution in [3.8, 4) is 0 Å². The molecular weight excluding hydrogens is 256 g/mol. The van der Waals surface area contributed by atoms with E-state index in [2.05, 4.69) is 37.7 Å². The lowest BCUT2D eigenvalue weighted by molar-refractivity contribution is 0.377. The largest absolute Gasteiger partial charge is 0.370 e. The van der Waals surface area contributed by atoms with Crippen LogP contribution in [0.15, 0.2) is 10.9 Å². The molecule has 0 aliphatic heterocycles. The normalized spacial score (nSPS) is 10.6. The van der Waals surface area contributed by atoms with Crippen molar-refractivity contribution in [3.05, 3.63) is 23.6 Å². The molecule has 0 aliphatic rings. The fraction of sp³-hybridized carbons (Fsp3) is 0.538. The average Bonchev–Trinajstić information content (AvgIpc) is 2.85. The topological polar surface area (TPSA) is 88.8 Å². The third-order valence-electron chi connectivity index (χ3n) is 2.83. The van der Waals surface area contributed by atoms with E-state index in [4.69, 9.17) is 4.52 Å². The number of nitrogens with zero attached hydrogens (tertiary/aromatic N) is 4. The summed E-state index contributed by atoms with van der Waals surface area (Å²) >= 11 is 0. The van der Waals surface area contributed by atoms with E-state index in [1.165, 1.54) is 0 Å². The molecule has 7 heteroatoms.